The molecular formula is C3H8F3NO3S. The van der Waals surface area contributed by atoms with Gasteiger partial charge in [0, 0.05) is 0 Å². The van der Waals surface area contributed by atoms with E-state index in [1.165, 1.54) is 0 Å². The maximum absolute atomic E-state index is 10.7. The van der Waals surface area contributed by atoms with Crippen molar-refractivity contribution in [2.45, 2.75) is 5.51 Å². The lowest BCUT2D eigenvalue weighted by atomic mass is 11.3. The molecule has 0 atom stereocenters. The summed E-state index contributed by atoms with van der Waals surface area (Å²) in [4.78, 5) is 0. The molecule has 0 aromatic heterocycles. The number of hydrogen-bond donors (Lipinski definition) is 2. The summed E-state index contributed by atoms with van der Waals surface area (Å²) in [6.07, 6.45) is 0. The van der Waals surface area contributed by atoms with Gasteiger partial charge in [-0.15, -0.1) is 0 Å². The van der Waals surface area contributed by atoms with Gasteiger partial charge in [-0.2, -0.15) is 21.6 Å². The lowest BCUT2D eigenvalue weighted by molar-refractivity contribution is -0.0510. The van der Waals surface area contributed by atoms with Crippen molar-refractivity contribution in [3.05, 3.63) is 0 Å². The van der Waals surface area contributed by atoms with Gasteiger partial charge >= 0.3 is 15.6 Å². The molecule has 0 saturated carbocycles. The zero-order valence-electron chi connectivity index (χ0n) is 5.81. The van der Waals surface area contributed by atoms with E-state index in [0.717, 1.165) is 0 Å². The predicted octanol–water partition coefficient (Wildman–Crippen LogP) is 0.230. The molecule has 0 aromatic rings. The van der Waals surface area contributed by atoms with Crippen LogP contribution >= 0.6 is 0 Å². The van der Waals surface area contributed by atoms with E-state index < -0.39 is 15.6 Å². The van der Waals surface area contributed by atoms with Gasteiger partial charge in [-0.25, -0.2) is 0 Å². The summed E-state index contributed by atoms with van der Waals surface area (Å²) in [6, 6.07) is 0. The summed E-state index contributed by atoms with van der Waals surface area (Å²) in [5.74, 6) is 0. The van der Waals surface area contributed by atoms with Crippen molar-refractivity contribution in [2.75, 3.05) is 14.1 Å². The van der Waals surface area contributed by atoms with Crippen LogP contribution in [0.15, 0.2) is 0 Å². The van der Waals surface area contributed by atoms with Gasteiger partial charge in [-0.3, -0.25) is 4.55 Å². The number of halogens is 3. The van der Waals surface area contributed by atoms with Gasteiger partial charge in [-0.1, -0.05) is 0 Å². The Labute approximate surface area is 62.2 Å². The topological polar surface area (TPSA) is 66.4 Å². The van der Waals surface area contributed by atoms with Crippen LogP contribution in [0.3, 0.4) is 0 Å². The van der Waals surface area contributed by atoms with E-state index in [9.17, 15) is 13.2 Å². The molecule has 0 rings (SSSR count). The molecular weight excluding hydrogens is 187 g/mol. The number of nitrogens with one attached hydrogen (secondary N) is 1. The number of rotatable bonds is 0. The molecule has 0 spiro atoms. The van der Waals surface area contributed by atoms with Crippen molar-refractivity contribution in [1.82, 2.24) is 5.32 Å². The van der Waals surface area contributed by atoms with E-state index in [4.69, 9.17) is 13.0 Å². The molecule has 0 bridgehead atoms. The van der Waals surface area contributed by atoms with Crippen LogP contribution in [0, 0.1) is 0 Å². The highest BCUT2D eigenvalue weighted by molar-refractivity contribution is 7.86. The fourth-order valence-corrected chi connectivity index (χ4v) is 0. The van der Waals surface area contributed by atoms with Gasteiger partial charge in [-0.05, 0) is 14.1 Å². The van der Waals surface area contributed by atoms with Crippen LogP contribution in [0.2, 0.25) is 0 Å². The van der Waals surface area contributed by atoms with E-state index in [-0.39, 0.29) is 0 Å². The maximum Gasteiger partial charge on any atom is 0.522 e. The molecule has 0 heterocycles. The molecule has 2 N–H and O–H groups in total. The summed E-state index contributed by atoms with van der Waals surface area (Å²) in [7, 11) is -2.09. The Kier molecular flexibility index (Phi) is 5.45. The molecule has 70 valence electrons. The second kappa shape index (κ2) is 4.52. The van der Waals surface area contributed by atoms with Crippen LogP contribution in [-0.4, -0.2) is 32.6 Å². The van der Waals surface area contributed by atoms with Crippen molar-refractivity contribution in [1.29, 1.82) is 0 Å². The smallest absolute Gasteiger partial charge is 0.323 e. The monoisotopic (exact) mass is 195 g/mol. The predicted molar refractivity (Wildman–Crippen MR) is 32.6 cm³/mol. The summed E-state index contributed by atoms with van der Waals surface area (Å²) in [6.45, 7) is 0. The minimum Gasteiger partial charge on any atom is -0.323 e. The molecule has 0 aromatic carbocycles. The van der Waals surface area contributed by atoms with Crippen LogP contribution in [0.4, 0.5) is 13.2 Å². The summed E-state index contributed by atoms with van der Waals surface area (Å²) in [5.41, 5.74) is -5.53. The average molecular weight is 195 g/mol. The SMILES string of the molecule is CNC.O=S(=O)(O)C(F)(F)F. The Balaban J connectivity index is 0. The molecule has 0 aliphatic rings. The number of hydrogen-bond acceptors (Lipinski definition) is 3. The Morgan fingerprint density at radius 3 is 1.36 bits per heavy atom. The van der Waals surface area contributed by atoms with Gasteiger partial charge in [0.1, 0.15) is 0 Å². The highest BCUT2D eigenvalue weighted by Gasteiger charge is 2.44. The molecule has 8 heteroatoms. The third-order valence-corrected chi connectivity index (χ3v) is 0.877. The van der Waals surface area contributed by atoms with E-state index in [0.29, 0.717) is 0 Å². The first-order chi connectivity index (χ1) is 4.66. The van der Waals surface area contributed by atoms with Crippen LogP contribution in [0.1, 0.15) is 0 Å². The minimum atomic E-state index is -5.84. The molecule has 0 unspecified atom stereocenters. The standard InChI is InChI=1S/C2H7N.CHF3O3S/c1-3-2;2-1(3,4)8(5,6)7/h3H,1-2H3;(H,5,6,7). The van der Waals surface area contributed by atoms with Crippen LogP contribution in [0.5, 0.6) is 0 Å². The van der Waals surface area contributed by atoms with Gasteiger partial charge in [0.15, 0.2) is 0 Å². The van der Waals surface area contributed by atoms with E-state index in [1.54, 1.807) is 0 Å². The fourth-order valence-electron chi connectivity index (χ4n) is 0. The van der Waals surface area contributed by atoms with E-state index >= 15 is 0 Å². The van der Waals surface area contributed by atoms with Crippen molar-refractivity contribution >= 4 is 10.1 Å². The highest BCUT2D eigenvalue weighted by Crippen LogP contribution is 2.20. The van der Waals surface area contributed by atoms with Gasteiger partial charge in [0.25, 0.3) is 0 Å². The zero-order valence-corrected chi connectivity index (χ0v) is 6.62. The van der Waals surface area contributed by atoms with Crippen molar-refractivity contribution < 1.29 is 26.1 Å². The first-order valence-electron chi connectivity index (χ1n) is 2.29. The first kappa shape index (κ1) is 13.3. The quantitative estimate of drug-likeness (QED) is 0.429. The normalized spacial score (nSPS) is 11.8. The number of alkyl halides is 3. The molecule has 4 nitrogen and oxygen atoms in total. The third-order valence-electron chi connectivity index (χ3n) is 0.292. The highest BCUT2D eigenvalue weighted by atomic mass is 32.2. The largest absolute Gasteiger partial charge is 0.522 e. The molecule has 0 amide bonds. The van der Waals surface area contributed by atoms with E-state index in [2.05, 4.69) is 5.32 Å². The molecule has 0 aliphatic carbocycles. The Hall–Kier alpha value is -0.340. The molecule has 11 heavy (non-hydrogen) atoms. The second-order valence-corrected chi connectivity index (χ2v) is 2.83. The first-order valence-corrected chi connectivity index (χ1v) is 3.73. The van der Waals surface area contributed by atoms with Crippen molar-refractivity contribution in [3.63, 3.8) is 0 Å². The summed E-state index contributed by atoms with van der Waals surface area (Å²) >= 11 is 0. The fraction of sp³-hybridized carbons (Fsp3) is 1.00. The van der Waals surface area contributed by atoms with Crippen LogP contribution < -0.4 is 5.32 Å². The van der Waals surface area contributed by atoms with Gasteiger partial charge < -0.3 is 5.32 Å². The molecule has 0 radical (unpaired) electrons. The summed E-state index contributed by atoms with van der Waals surface area (Å²) in [5, 5.41) is 2.75. The minimum absolute atomic E-state index is 1.88. The van der Waals surface area contributed by atoms with Gasteiger partial charge in [0.2, 0.25) is 0 Å². The van der Waals surface area contributed by atoms with Crippen molar-refractivity contribution in [2.24, 2.45) is 0 Å². The zero-order chi connectivity index (χ0) is 9.71. The lowest BCUT2D eigenvalue weighted by Crippen LogP contribution is -2.21. The Morgan fingerprint density at radius 2 is 1.36 bits per heavy atom. The average Bonchev–Trinajstić information content (AvgIpc) is 1.60. The summed E-state index contributed by atoms with van der Waals surface area (Å²) < 4.78 is 57.5. The van der Waals surface area contributed by atoms with Crippen LogP contribution in [0.25, 0.3) is 0 Å². The van der Waals surface area contributed by atoms with Crippen LogP contribution in [-0.2, 0) is 10.1 Å². The second-order valence-electron chi connectivity index (χ2n) is 1.42. The Bertz CT molecular complexity index is 184. The Morgan fingerprint density at radius 1 is 1.27 bits per heavy atom. The molecule has 0 fully saturated rings. The third kappa shape index (κ3) is 7.56. The van der Waals surface area contributed by atoms with E-state index in [1.807, 2.05) is 14.1 Å². The molecule has 0 aliphatic heterocycles. The molecule has 0 saturated heterocycles. The van der Waals surface area contributed by atoms with Gasteiger partial charge in [0.05, 0.1) is 0 Å². The lowest BCUT2D eigenvalue weighted by Gasteiger charge is -1.97. The maximum atomic E-state index is 10.7. The van der Waals surface area contributed by atoms with Crippen molar-refractivity contribution in [3.8, 4) is 0 Å².